The number of benzene rings is 2. The van der Waals surface area contributed by atoms with Gasteiger partial charge in [0.1, 0.15) is 0 Å². The summed E-state index contributed by atoms with van der Waals surface area (Å²) >= 11 is 0. The van der Waals surface area contributed by atoms with E-state index in [4.69, 9.17) is 15.2 Å². The molecular weight excluding hydrogens is 298 g/mol. The Kier molecular flexibility index (Phi) is 6.68. The molecule has 0 aliphatic rings. The highest BCUT2D eigenvalue weighted by atomic mass is 16.5. The van der Waals surface area contributed by atoms with Crippen molar-refractivity contribution in [2.24, 2.45) is 5.73 Å². The summed E-state index contributed by atoms with van der Waals surface area (Å²) in [6, 6.07) is 12.8. The van der Waals surface area contributed by atoms with Crippen LogP contribution in [-0.4, -0.2) is 19.8 Å². The van der Waals surface area contributed by atoms with Gasteiger partial charge in [0.2, 0.25) is 0 Å². The van der Waals surface area contributed by atoms with Crippen molar-refractivity contribution in [1.82, 2.24) is 0 Å². The van der Waals surface area contributed by atoms with Gasteiger partial charge in [-0.3, -0.25) is 0 Å². The fourth-order valence-corrected chi connectivity index (χ4v) is 2.86. The monoisotopic (exact) mass is 327 g/mol. The SMILES string of the molecule is CCOc1ccc(CC(CN)c2ccc(C)c(C)c2)cc1OCC. The highest BCUT2D eigenvalue weighted by Gasteiger charge is 2.14. The fraction of sp³-hybridized carbons (Fsp3) is 0.429. The van der Waals surface area contributed by atoms with Crippen molar-refractivity contribution in [3.63, 3.8) is 0 Å². The number of rotatable bonds is 8. The van der Waals surface area contributed by atoms with Crippen LogP contribution >= 0.6 is 0 Å². The summed E-state index contributed by atoms with van der Waals surface area (Å²) in [5.74, 6) is 1.92. The Morgan fingerprint density at radius 2 is 1.58 bits per heavy atom. The minimum atomic E-state index is 0.303. The first-order chi connectivity index (χ1) is 11.6. The summed E-state index contributed by atoms with van der Waals surface area (Å²) in [5.41, 5.74) is 11.2. The molecule has 0 fully saturated rings. The summed E-state index contributed by atoms with van der Waals surface area (Å²) in [6.45, 7) is 10.1. The van der Waals surface area contributed by atoms with Crippen LogP contribution in [0.3, 0.4) is 0 Å². The van der Waals surface area contributed by atoms with Crippen LogP contribution in [-0.2, 0) is 6.42 Å². The van der Waals surface area contributed by atoms with Gasteiger partial charge in [-0.05, 0) is 75.0 Å². The maximum atomic E-state index is 6.06. The molecule has 0 spiro atoms. The van der Waals surface area contributed by atoms with E-state index in [1.165, 1.54) is 22.3 Å². The van der Waals surface area contributed by atoms with Crippen molar-refractivity contribution in [3.05, 3.63) is 58.7 Å². The average molecular weight is 327 g/mol. The van der Waals surface area contributed by atoms with Crippen molar-refractivity contribution in [3.8, 4) is 11.5 Å². The van der Waals surface area contributed by atoms with Gasteiger partial charge >= 0.3 is 0 Å². The Balaban J connectivity index is 2.23. The van der Waals surface area contributed by atoms with Gasteiger partial charge in [-0.25, -0.2) is 0 Å². The van der Waals surface area contributed by atoms with E-state index in [2.05, 4.69) is 44.2 Å². The third-order valence-corrected chi connectivity index (χ3v) is 4.38. The molecule has 0 bridgehead atoms. The van der Waals surface area contributed by atoms with E-state index in [-0.39, 0.29) is 0 Å². The van der Waals surface area contributed by atoms with E-state index in [0.717, 1.165) is 17.9 Å². The average Bonchev–Trinajstić information content (AvgIpc) is 2.58. The molecule has 24 heavy (non-hydrogen) atoms. The summed E-state index contributed by atoms with van der Waals surface area (Å²) in [6.07, 6.45) is 0.894. The number of ether oxygens (including phenoxy) is 2. The third-order valence-electron chi connectivity index (χ3n) is 4.38. The van der Waals surface area contributed by atoms with Crippen LogP contribution in [0.5, 0.6) is 11.5 Å². The number of hydrogen-bond acceptors (Lipinski definition) is 3. The number of nitrogens with two attached hydrogens (primary N) is 1. The molecule has 0 heterocycles. The second-order valence-electron chi connectivity index (χ2n) is 6.13. The van der Waals surface area contributed by atoms with Gasteiger partial charge in [0.15, 0.2) is 11.5 Å². The van der Waals surface area contributed by atoms with Gasteiger partial charge in [0, 0.05) is 5.92 Å². The summed E-state index contributed by atoms with van der Waals surface area (Å²) in [4.78, 5) is 0. The third kappa shape index (κ3) is 4.51. The lowest BCUT2D eigenvalue weighted by molar-refractivity contribution is 0.287. The Labute approximate surface area is 145 Å². The molecule has 0 aliphatic carbocycles. The Morgan fingerprint density at radius 1 is 0.875 bits per heavy atom. The molecule has 3 heteroatoms. The molecule has 0 aromatic heterocycles. The Hall–Kier alpha value is -2.00. The molecule has 130 valence electrons. The van der Waals surface area contributed by atoms with Gasteiger partial charge < -0.3 is 15.2 Å². The van der Waals surface area contributed by atoms with Crippen LogP contribution in [0.1, 0.15) is 42.0 Å². The predicted molar refractivity (Wildman–Crippen MR) is 100 cm³/mol. The normalized spacial score (nSPS) is 12.0. The van der Waals surface area contributed by atoms with Crippen LogP contribution in [0.25, 0.3) is 0 Å². The molecule has 1 unspecified atom stereocenters. The van der Waals surface area contributed by atoms with Crippen LogP contribution in [0, 0.1) is 13.8 Å². The summed E-state index contributed by atoms with van der Waals surface area (Å²) < 4.78 is 11.4. The van der Waals surface area contributed by atoms with Crippen LogP contribution < -0.4 is 15.2 Å². The molecular formula is C21H29NO2. The highest BCUT2D eigenvalue weighted by molar-refractivity contribution is 5.44. The number of aryl methyl sites for hydroxylation is 2. The summed E-state index contributed by atoms with van der Waals surface area (Å²) in [7, 11) is 0. The minimum Gasteiger partial charge on any atom is -0.490 e. The maximum absolute atomic E-state index is 6.06. The van der Waals surface area contributed by atoms with E-state index in [1.54, 1.807) is 0 Å². The predicted octanol–water partition coefficient (Wildman–Crippen LogP) is 4.39. The second kappa shape index (κ2) is 8.74. The van der Waals surface area contributed by atoms with Gasteiger partial charge in [-0.1, -0.05) is 24.3 Å². The molecule has 1 atom stereocenters. The molecule has 2 N–H and O–H groups in total. The van der Waals surface area contributed by atoms with Crippen LogP contribution in [0.4, 0.5) is 0 Å². The van der Waals surface area contributed by atoms with Crippen molar-refractivity contribution in [2.45, 2.75) is 40.0 Å². The van der Waals surface area contributed by atoms with Crippen molar-refractivity contribution >= 4 is 0 Å². The highest BCUT2D eigenvalue weighted by Crippen LogP contribution is 2.31. The lowest BCUT2D eigenvalue weighted by atomic mass is 9.90. The molecule has 0 amide bonds. The van der Waals surface area contributed by atoms with E-state index in [9.17, 15) is 0 Å². The first kappa shape index (κ1) is 18.3. The quantitative estimate of drug-likeness (QED) is 0.782. The molecule has 0 saturated carbocycles. The largest absolute Gasteiger partial charge is 0.490 e. The molecule has 0 radical (unpaired) electrons. The maximum Gasteiger partial charge on any atom is 0.161 e. The molecule has 3 nitrogen and oxygen atoms in total. The lowest BCUT2D eigenvalue weighted by Crippen LogP contribution is -2.15. The molecule has 0 saturated heterocycles. The lowest BCUT2D eigenvalue weighted by Gasteiger charge is -2.18. The standard InChI is InChI=1S/C21H29NO2/c1-5-23-20-10-8-17(13-21(20)24-6-2)12-19(14-22)18-9-7-15(3)16(4)11-18/h7-11,13,19H,5-6,12,14,22H2,1-4H3. The molecule has 2 aromatic rings. The molecule has 2 aromatic carbocycles. The Morgan fingerprint density at radius 3 is 2.21 bits per heavy atom. The summed E-state index contributed by atoms with van der Waals surface area (Å²) in [5, 5.41) is 0. The van der Waals surface area contributed by atoms with Gasteiger partial charge in [-0.2, -0.15) is 0 Å². The van der Waals surface area contributed by atoms with Gasteiger partial charge in [0.25, 0.3) is 0 Å². The van der Waals surface area contributed by atoms with Crippen molar-refractivity contribution < 1.29 is 9.47 Å². The van der Waals surface area contributed by atoms with E-state index < -0.39 is 0 Å². The second-order valence-corrected chi connectivity index (χ2v) is 6.13. The van der Waals surface area contributed by atoms with E-state index >= 15 is 0 Å². The van der Waals surface area contributed by atoms with E-state index in [1.807, 2.05) is 19.9 Å². The molecule has 0 aliphatic heterocycles. The number of hydrogen-bond donors (Lipinski definition) is 1. The van der Waals surface area contributed by atoms with Crippen molar-refractivity contribution in [1.29, 1.82) is 0 Å². The van der Waals surface area contributed by atoms with Crippen LogP contribution in [0.15, 0.2) is 36.4 Å². The Bertz CT molecular complexity index is 667. The van der Waals surface area contributed by atoms with E-state index in [0.29, 0.717) is 25.7 Å². The zero-order valence-corrected chi connectivity index (χ0v) is 15.3. The minimum absolute atomic E-state index is 0.303. The van der Waals surface area contributed by atoms with Crippen molar-refractivity contribution in [2.75, 3.05) is 19.8 Å². The first-order valence-electron chi connectivity index (χ1n) is 8.74. The topological polar surface area (TPSA) is 44.5 Å². The van der Waals surface area contributed by atoms with Gasteiger partial charge in [-0.15, -0.1) is 0 Å². The zero-order chi connectivity index (χ0) is 17.5. The van der Waals surface area contributed by atoms with Crippen LogP contribution in [0.2, 0.25) is 0 Å². The smallest absolute Gasteiger partial charge is 0.161 e. The van der Waals surface area contributed by atoms with Gasteiger partial charge in [0.05, 0.1) is 13.2 Å². The first-order valence-corrected chi connectivity index (χ1v) is 8.74. The molecule has 2 rings (SSSR count). The fourth-order valence-electron chi connectivity index (χ4n) is 2.86. The zero-order valence-electron chi connectivity index (χ0n) is 15.3.